The fourth-order valence-corrected chi connectivity index (χ4v) is 4.24. The maximum Gasteiger partial charge on any atom is 0.246 e. The number of carbonyl (C=O) groups is 1. The molecule has 1 aliphatic carbocycles. The van der Waals surface area contributed by atoms with Gasteiger partial charge in [0.15, 0.2) is 0 Å². The fraction of sp³-hybridized carbons (Fsp3) is 0.526. The number of amides is 1. The largest absolute Gasteiger partial charge is 0.338 e. The molecular weight excluding hydrogens is 379 g/mol. The van der Waals surface area contributed by atoms with Crippen molar-refractivity contribution in [3.8, 4) is 0 Å². The second-order valence-electron chi connectivity index (χ2n) is 6.76. The van der Waals surface area contributed by atoms with E-state index in [-0.39, 0.29) is 18.3 Å². The molecule has 138 valence electrons. The van der Waals surface area contributed by atoms with Crippen molar-refractivity contribution in [3.05, 3.63) is 39.9 Å². The Morgan fingerprint density at radius 1 is 1.16 bits per heavy atom. The van der Waals surface area contributed by atoms with Crippen molar-refractivity contribution in [3.63, 3.8) is 0 Å². The van der Waals surface area contributed by atoms with E-state index in [0.29, 0.717) is 22.1 Å². The second-order valence-corrected chi connectivity index (χ2v) is 7.58. The van der Waals surface area contributed by atoms with Crippen molar-refractivity contribution in [1.29, 1.82) is 0 Å². The van der Waals surface area contributed by atoms with Crippen LogP contribution in [0, 0.1) is 0 Å². The zero-order valence-corrected chi connectivity index (χ0v) is 16.8. The van der Waals surface area contributed by atoms with Crippen molar-refractivity contribution in [2.45, 2.75) is 44.2 Å². The minimum Gasteiger partial charge on any atom is -0.338 e. The molecule has 0 N–H and O–H groups in total. The summed E-state index contributed by atoms with van der Waals surface area (Å²) in [5.74, 6) is 0.0529. The number of carbonyl (C=O) groups excluding carboxylic acids is 1. The Hall–Kier alpha value is -0.740. The lowest BCUT2D eigenvalue weighted by atomic mass is 10.1. The Balaban J connectivity index is 0.00000225. The molecule has 2 atom stereocenters. The summed E-state index contributed by atoms with van der Waals surface area (Å²) < 4.78 is 0. The monoisotopic (exact) mass is 402 g/mol. The van der Waals surface area contributed by atoms with Crippen molar-refractivity contribution in [1.82, 2.24) is 9.80 Å². The van der Waals surface area contributed by atoms with E-state index in [9.17, 15) is 4.79 Å². The van der Waals surface area contributed by atoms with E-state index in [1.54, 1.807) is 24.3 Å². The van der Waals surface area contributed by atoms with Gasteiger partial charge in [-0.05, 0) is 69.0 Å². The Morgan fingerprint density at radius 2 is 1.88 bits per heavy atom. The first-order valence-electron chi connectivity index (χ1n) is 8.70. The van der Waals surface area contributed by atoms with Crippen molar-refractivity contribution >= 4 is 47.6 Å². The zero-order valence-electron chi connectivity index (χ0n) is 14.5. The minimum atomic E-state index is 0. The van der Waals surface area contributed by atoms with E-state index in [0.717, 1.165) is 12.0 Å². The molecule has 1 aliphatic heterocycles. The van der Waals surface area contributed by atoms with Crippen molar-refractivity contribution < 1.29 is 4.79 Å². The molecule has 3 rings (SSSR count). The summed E-state index contributed by atoms with van der Waals surface area (Å²) in [5, 5.41) is 1.03. The summed E-state index contributed by atoms with van der Waals surface area (Å²) in [6.07, 6.45) is 9.54. The van der Waals surface area contributed by atoms with Gasteiger partial charge in [-0.1, -0.05) is 29.3 Å². The first-order chi connectivity index (χ1) is 11.6. The molecule has 1 heterocycles. The highest BCUT2D eigenvalue weighted by atomic mass is 35.5. The molecule has 0 aromatic heterocycles. The van der Waals surface area contributed by atoms with E-state index in [2.05, 4.69) is 4.90 Å². The molecule has 0 radical (unpaired) electrons. The van der Waals surface area contributed by atoms with Gasteiger partial charge in [0.05, 0.1) is 10.0 Å². The third kappa shape index (κ3) is 4.91. The van der Waals surface area contributed by atoms with Crippen LogP contribution in [-0.2, 0) is 4.79 Å². The summed E-state index contributed by atoms with van der Waals surface area (Å²) >= 11 is 11.9. The minimum absolute atomic E-state index is 0. The van der Waals surface area contributed by atoms with E-state index in [4.69, 9.17) is 23.2 Å². The van der Waals surface area contributed by atoms with Gasteiger partial charge in [0.2, 0.25) is 5.91 Å². The highest BCUT2D eigenvalue weighted by molar-refractivity contribution is 6.42. The summed E-state index contributed by atoms with van der Waals surface area (Å²) in [5.41, 5.74) is 0.883. The molecule has 1 aromatic carbocycles. The van der Waals surface area contributed by atoms with Crippen LogP contribution in [-0.4, -0.2) is 47.9 Å². The first-order valence-corrected chi connectivity index (χ1v) is 9.46. The predicted octanol–water partition coefficient (Wildman–Crippen LogP) is 4.90. The lowest BCUT2D eigenvalue weighted by molar-refractivity contribution is -0.127. The average molecular weight is 404 g/mol. The number of benzene rings is 1. The molecule has 3 nitrogen and oxygen atoms in total. The van der Waals surface area contributed by atoms with E-state index >= 15 is 0 Å². The van der Waals surface area contributed by atoms with Gasteiger partial charge in [-0.2, -0.15) is 0 Å². The maximum atomic E-state index is 12.6. The van der Waals surface area contributed by atoms with Crippen LogP contribution in [0.4, 0.5) is 0 Å². The first kappa shape index (κ1) is 20.6. The highest BCUT2D eigenvalue weighted by Crippen LogP contribution is 2.30. The van der Waals surface area contributed by atoms with Gasteiger partial charge in [0, 0.05) is 25.2 Å². The lowest BCUT2D eigenvalue weighted by Gasteiger charge is -2.34. The Kier molecular flexibility index (Phi) is 7.63. The average Bonchev–Trinajstić information content (AvgIpc) is 3.25. The summed E-state index contributed by atoms with van der Waals surface area (Å²) in [6.45, 7) is 2.37. The molecule has 6 heteroatoms. The molecule has 0 spiro atoms. The fourth-order valence-electron chi connectivity index (χ4n) is 3.94. The predicted molar refractivity (Wildman–Crippen MR) is 108 cm³/mol. The van der Waals surface area contributed by atoms with Gasteiger partial charge in [0.25, 0.3) is 0 Å². The number of nitrogens with zero attached hydrogens (tertiary/aromatic N) is 2. The highest BCUT2D eigenvalue weighted by Gasteiger charge is 2.36. The van der Waals surface area contributed by atoms with Gasteiger partial charge < -0.3 is 4.90 Å². The molecule has 1 saturated carbocycles. The molecule has 1 amide bonds. The van der Waals surface area contributed by atoms with Crippen LogP contribution < -0.4 is 0 Å². The molecule has 1 saturated heterocycles. The molecule has 2 fully saturated rings. The number of halogens is 3. The van der Waals surface area contributed by atoms with Gasteiger partial charge in [0.1, 0.15) is 0 Å². The number of hydrogen-bond donors (Lipinski definition) is 0. The topological polar surface area (TPSA) is 23.6 Å². The van der Waals surface area contributed by atoms with Gasteiger partial charge in [-0.15, -0.1) is 12.4 Å². The summed E-state index contributed by atoms with van der Waals surface area (Å²) in [7, 11) is 1.93. The number of rotatable bonds is 4. The van der Waals surface area contributed by atoms with Crippen molar-refractivity contribution in [2.24, 2.45) is 0 Å². The van der Waals surface area contributed by atoms with Gasteiger partial charge >= 0.3 is 0 Å². The number of hydrogen-bond acceptors (Lipinski definition) is 2. The third-order valence-corrected chi connectivity index (χ3v) is 6.00. The standard InChI is InChI=1S/C19H24Cl2N2O.ClH/c1-22(17-5-4-6-18(17)23-11-2-3-12-23)19(24)10-8-14-7-9-15(20)16(21)13-14;/h7-10,13,17-18H,2-6,11-12H2,1H3;1H. The van der Waals surface area contributed by atoms with Crippen LogP contribution in [0.15, 0.2) is 24.3 Å². The van der Waals surface area contributed by atoms with Crippen LogP contribution in [0.5, 0.6) is 0 Å². The number of likely N-dealkylation sites (tertiary alicyclic amines) is 1. The molecular formula is C19H25Cl3N2O. The molecule has 2 unspecified atom stereocenters. The summed E-state index contributed by atoms with van der Waals surface area (Å²) in [4.78, 5) is 17.1. The smallest absolute Gasteiger partial charge is 0.246 e. The molecule has 0 bridgehead atoms. The van der Waals surface area contributed by atoms with Crippen LogP contribution in [0.3, 0.4) is 0 Å². The molecule has 25 heavy (non-hydrogen) atoms. The molecule has 2 aliphatic rings. The quantitative estimate of drug-likeness (QED) is 0.667. The van der Waals surface area contributed by atoms with Crippen LogP contribution in [0.2, 0.25) is 10.0 Å². The zero-order chi connectivity index (χ0) is 17.1. The van der Waals surface area contributed by atoms with Crippen LogP contribution in [0.25, 0.3) is 6.08 Å². The maximum absolute atomic E-state index is 12.6. The molecule has 1 aromatic rings. The SMILES string of the molecule is CN(C(=O)C=Cc1ccc(Cl)c(Cl)c1)C1CCCC1N1CCCC1.Cl. The lowest BCUT2D eigenvalue weighted by Crippen LogP contribution is -2.48. The van der Waals surface area contributed by atoms with Crippen LogP contribution in [0.1, 0.15) is 37.7 Å². The second kappa shape index (κ2) is 9.27. The van der Waals surface area contributed by atoms with Gasteiger partial charge in [-0.25, -0.2) is 0 Å². The Labute approximate surface area is 166 Å². The van der Waals surface area contributed by atoms with Gasteiger partial charge in [-0.3, -0.25) is 9.69 Å². The Bertz CT molecular complexity index is 629. The number of likely N-dealkylation sites (N-methyl/N-ethyl adjacent to an activating group) is 1. The summed E-state index contributed by atoms with van der Waals surface area (Å²) in [6, 6.07) is 6.24. The third-order valence-electron chi connectivity index (χ3n) is 5.26. The van der Waals surface area contributed by atoms with E-state index in [1.165, 1.54) is 38.8 Å². The normalized spacial score (nSPS) is 23.8. The van der Waals surface area contributed by atoms with Crippen molar-refractivity contribution in [2.75, 3.05) is 20.1 Å². The van der Waals surface area contributed by atoms with E-state index in [1.807, 2.05) is 18.0 Å². The van der Waals surface area contributed by atoms with E-state index < -0.39 is 0 Å². The Morgan fingerprint density at radius 3 is 2.56 bits per heavy atom. The van der Waals surface area contributed by atoms with Crippen LogP contribution >= 0.6 is 35.6 Å².